The number of rotatable bonds is 3. The van der Waals surface area contributed by atoms with E-state index in [4.69, 9.17) is 17.0 Å². The second kappa shape index (κ2) is 7.24. The van der Waals surface area contributed by atoms with E-state index in [-0.39, 0.29) is 6.04 Å². The van der Waals surface area contributed by atoms with E-state index in [9.17, 15) is 0 Å². The summed E-state index contributed by atoms with van der Waals surface area (Å²) < 4.78 is 5.44. The van der Waals surface area contributed by atoms with Gasteiger partial charge in [0.2, 0.25) is 0 Å². The fourth-order valence-electron chi connectivity index (χ4n) is 3.96. The second-order valence-corrected chi connectivity index (χ2v) is 7.41. The van der Waals surface area contributed by atoms with Crippen molar-refractivity contribution in [3.8, 4) is 5.75 Å². The molecule has 140 valence electrons. The van der Waals surface area contributed by atoms with E-state index in [2.05, 4.69) is 65.4 Å². The van der Waals surface area contributed by atoms with Crippen molar-refractivity contribution in [1.29, 1.82) is 0 Å². The first kappa shape index (κ1) is 17.9. The highest BCUT2D eigenvalue weighted by molar-refractivity contribution is 7.80. The van der Waals surface area contributed by atoms with Gasteiger partial charge >= 0.3 is 0 Å². The maximum Gasteiger partial charge on any atom is 0.169 e. The Hall–Kier alpha value is -2.53. The fraction of sp³-hybridized carbons (Fsp3) is 0.318. The molecule has 0 radical (unpaired) electrons. The standard InChI is InChI=1S/C22H25N3OS/c1-4-23-22(27)25-12-11-17-18-13-16(26-3)9-10-19(18)24-20(17)21(25)15-7-5-14(2)6-8-15/h5-10,13,21,24H,4,11-12H2,1-3H3,(H,23,27)/t21-/m1/s1. The molecule has 3 aromatic rings. The zero-order valence-electron chi connectivity index (χ0n) is 16.0. The highest BCUT2D eigenvalue weighted by Gasteiger charge is 2.33. The molecule has 1 aromatic heterocycles. The Labute approximate surface area is 165 Å². The SMILES string of the molecule is CCNC(=S)N1CCc2c([nH]c3ccc(OC)cc23)[C@H]1c1ccc(C)cc1. The van der Waals surface area contributed by atoms with Gasteiger partial charge in [0.05, 0.1) is 13.2 Å². The first-order valence-corrected chi connectivity index (χ1v) is 9.82. The minimum atomic E-state index is 0.0827. The van der Waals surface area contributed by atoms with Gasteiger partial charge in [-0.15, -0.1) is 0 Å². The van der Waals surface area contributed by atoms with E-state index in [1.807, 2.05) is 6.07 Å². The number of benzene rings is 2. The van der Waals surface area contributed by atoms with Crippen LogP contribution in [0.5, 0.6) is 5.75 Å². The molecule has 0 unspecified atom stereocenters. The van der Waals surface area contributed by atoms with Crippen LogP contribution in [0.15, 0.2) is 42.5 Å². The topological polar surface area (TPSA) is 40.3 Å². The monoisotopic (exact) mass is 379 g/mol. The van der Waals surface area contributed by atoms with Crippen LogP contribution in [-0.2, 0) is 6.42 Å². The molecule has 4 rings (SSSR count). The molecule has 0 aliphatic carbocycles. The molecule has 0 amide bonds. The van der Waals surface area contributed by atoms with Crippen LogP contribution in [0.4, 0.5) is 0 Å². The molecule has 2 N–H and O–H groups in total. The summed E-state index contributed by atoms with van der Waals surface area (Å²) in [6, 6.07) is 15.1. The molecule has 1 atom stereocenters. The zero-order valence-corrected chi connectivity index (χ0v) is 16.8. The summed E-state index contributed by atoms with van der Waals surface area (Å²) in [6.07, 6.45) is 0.955. The number of aromatic amines is 1. The number of aromatic nitrogens is 1. The van der Waals surface area contributed by atoms with Crippen LogP contribution < -0.4 is 10.1 Å². The average molecular weight is 380 g/mol. The molecule has 0 bridgehead atoms. The van der Waals surface area contributed by atoms with Gasteiger partial charge in [0.25, 0.3) is 0 Å². The summed E-state index contributed by atoms with van der Waals surface area (Å²) in [4.78, 5) is 5.98. The number of nitrogens with one attached hydrogen (secondary N) is 2. The Balaban J connectivity index is 1.87. The normalized spacial score (nSPS) is 16.3. The van der Waals surface area contributed by atoms with Crippen LogP contribution in [0.1, 0.15) is 35.3 Å². The Bertz CT molecular complexity index is 977. The lowest BCUT2D eigenvalue weighted by Crippen LogP contribution is -2.45. The molecule has 2 heterocycles. The summed E-state index contributed by atoms with van der Waals surface area (Å²) in [6.45, 7) is 5.92. The Morgan fingerprint density at radius 3 is 2.74 bits per heavy atom. The maximum atomic E-state index is 5.71. The van der Waals surface area contributed by atoms with E-state index < -0.39 is 0 Å². The van der Waals surface area contributed by atoms with Gasteiger partial charge in [-0.3, -0.25) is 0 Å². The molecular weight excluding hydrogens is 354 g/mol. The van der Waals surface area contributed by atoms with Crippen molar-refractivity contribution >= 4 is 28.2 Å². The number of ether oxygens (including phenoxy) is 1. The van der Waals surface area contributed by atoms with Crippen LogP contribution >= 0.6 is 12.2 Å². The molecule has 0 fully saturated rings. The Kier molecular flexibility index (Phi) is 4.79. The van der Waals surface area contributed by atoms with Crippen LogP contribution in [0, 0.1) is 6.92 Å². The highest BCUT2D eigenvalue weighted by Crippen LogP contribution is 2.39. The number of hydrogen-bond donors (Lipinski definition) is 2. The number of nitrogens with zero attached hydrogens (tertiary/aromatic N) is 1. The van der Waals surface area contributed by atoms with E-state index in [0.717, 1.165) is 35.9 Å². The van der Waals surface area contributed by atoms with Gasteiger partial charge in [-0.05, 0) is 61.8 Å². The van der Waals surface area contributed by atoms with Crippen molar-refractivity contribution in [2.45, 2.75) is 26.3 Å². The lowest BCUT2D eigenvalue weighted by atomic mass is 9.92. The molecule has 0 saturated carbocycles. The van der Waals surface area contributed by atoms with Crippen molar-refractivity contribution in [2.75, 3.05) is 20.2 Å². The predicted molar refractivity (Wildman–Crippen MR) is 115 cm³/mol. The third-order valence-electron chi connectivity index (χ3n) is 5.32. The quantitative estimate of drug-likeness (QED) is 0.665. The third kappa shape index (κ3) is 3.16. The second-order valence-electron chi connectivity index (χ2n) is 7.02. The molecule has 5 heteroatoms. The minimum absolute atomic E-state index is 0.0827. The van der Waals surface area contributed by atoms with Crippen LogP contribution in [0.2, 0.25) is 0 Å². The summed E-state index contributed by atoms with van der Waals surface area (Å²) in [7, 11) is 1.71. The number of fused-ring (bicyclic) bond motifs is 3. The van der Waals surface area contributed by atoms with Crippen molar-refractivity contribution in [2.24, 2.45) is 0 Å². The van der Waals surface area contributed by atoms with E-state index in [0.29, 0.717) is 0 Å². The zero-order chi connectivity index (χ0) is 19.0. The van der Waals surface area contributed by atoms with E-state index in [1.165, 1.54) is 27.8 Å². The summed E-state index contributed by atoms with van der Waals surface area (Å²) in [5, 5.41) is 5.39. The van der Waals surface area contributed by atoms with Crippen LogP contribution in [0.25, 0.3) is 10.9 Å². The smallest absolute Gasteiger partial charge is 0.169 e. The van der Waals surface area contributed by atoms with Crippen molar-refractivity contribution < 1.29 is 4.74 Å². The molecule has 27 heavy (non-hydrogen) atoms. The molecule has 1 aliphatic heterocycles. The van der Waals surface area contributed by atoms with E-state index >= 15 is 0 Å². The number of H-pyrrole nitrogens is 1. The minimum Gasteiger partial charge on any atom is -0.497 e. The number of methoxy groups -OCH3 is 1. The molecule has 1 aliphatic rings. The Morgan fingerprint density at radius 2 is 2.04 bits per heavy atom. The molecule has 2 aromatic carbocycles. The van der Waals surface area contributed by atoms with Gasteiger partial charge in [-0.1, -0.05) is 29.8 Å². The predicted octanol–water partition coefficient (Wildman–Crippen LogP) is 4.33. The van der Waals surface area contributed by atoms with Gasteiger partial charge in [0.1, 0.15) is 5.75 Å². The number of thiocarbonyl (C=S) groups is 1. The maximum absolute atomic E-state index is 5.71. The van der Waals surface area contributed by atoms with Crippen molar-refractivity contribution in [3.05, 3.63) is 64.8 Å². The van der Waals surface area contributed by atoms with Crippen LogP contribution in [-0.4, -0.2) is 35.2 Å². The average Bonchev–Trinajstić information content (AvgIpc) is 3.06. The first-order chi connectivity index (χ1) is 13.1. The van der Waals surface area contributed by atoms with Crippen LogP contribution in [0.3, 0.4) is 0 Å². The van der Waals surface area contributed by atoms with Gasteiger partial charge < -0.3 is 19.9 Å². The third-order valence-corrected chi connectivity index (χ3v) is 5.69. The lowest BCUT2D eigenvalue weighted by molar-refractivity contribution is 0.330. The van der Waals surface area contributed by atoms with Gasteiger partial charge in [-0.2, -0.15) is 0 Å². The fourth-order valence-corrected chi connectivity index (χ4v) is 4.30. The summed E-state index contributed by atoms with van der Waals surface area (Å²) in [5.41, 5.74) is 6.25. The molecule has 0 spiro atoms. The summed E-state index contributed by atoms with van der Waals surface area (Å²) in [5.74, 6) is 0.891. The molecular formula is C22H25N3OS. The van der Waals surface area contributed by atoms with E-state index in [1.54, 1.807) is 7.11 Å². The van der Waals surface area contributed by atoms with Crippen molar-refractivity contribution in [3.63, 3.8) is 0 Å². The molecule has 0 saturated heterocycles. The largest absolute Gasteiger partial charge is 0.497 e. The van der Waals surface area contributed by atoms with Gasteiger partial charge in [-0.25, -0.2) is 0 Å². The Morgan fingerprint density at radius 1 is 1.26 bits per heavy atom. The van der Waals surface area contributed by atoms with Crippen molar-refractivity contribution in [1.82, 2.24) is 15.2 Å². The number of aryl methyl sites for hydroxylation is 1. The lowest BCUT2D eigenvalue weighted by Gasteiger charge is -2.38. The molecule has 4 nitrogen and oxygen atoms in total. The first-order valence-electron chi connectivity index (χ1n) is 9.42. The van der Waals surface area contributed by atoms with Gasteiger partial charge in [0.15, 0.2) is 5.11 Å². The van der Waals surface area contributed by atoms with Gasteiger partial charge in [0, 0.05) is 29.7 Å². The number of hydrogen-bond acceptors (Lipinski definition) is 2. The summed E-state index contributed by atoms with van der Waals surface area (Å²) >= 11 is 5.71. The highest BCUT2D eigenvalue weighted by atomic mass is 32.1.